The third-order valence-electron chi connectivity index (χ3n) is 6.73. The van der Waals surface area contributed by atoms with Crippen molar-refractivity contribution in [3.05, 3.63) is 35.5 Å². The number of amides is 4. The number of benzene rings is 1. The lowest BCUT2D eigenvalue weighted by Crippen LogP contribution is -2.51. The molecular weight excluding hydrogens is 380 g/mol. The molecule has 2 unspecified atom stereocenters. The molecular formula is C23H28N4O3. The molecule has 7 heteroatoms. The monoisotopic (exact) mass is 408 g/mol. The second kappa shape index (κ2) is 6.59. The summed E-state index contributed by atoms with van der Waals surface area (Å²) in [5.41, 5.74) is 1.73. The Bertz CT molecular complexity index is 1050. The van der Waals surface area contributed by atoms with Gasteiger partial charge in [-0.25, -0.2) is 9.69 Å². The first-order chi connectivity index (χ1) is 14.3. The number of aromatic amines is 1. The molecule has 1 aromatic heterocycles. The second-order valence-electron chi connectivity index (χ2n) is 9.38. The predicted octanol–water partition coefficient (Wildman–Crippen LogP) is 2.90. The van der Waals surface area contributed by atoms with E-state index in [0.717, 1.165) is 35.0 Å². The van der Waals surface area contributed by atoms with E-state index in [1.807, 2.05) is 45.0 Å². The van der Waals surface area contributed by atoms with Crippen LogP contribution in [0.2, 0.25) is 0 Å². The Morgan fingerprint density at radius 2 is 2.00 bits per heavy atom. The molecule has 1 saturated carbocycles. The first kappa shape index (κ1) is 19.2. The Morgan fingerprint density at radius 1 is 1.27 bits per heavy atom. The highest BCUT2D eigenvalue weighted by molar-refractivity contribution is 6.11. The zero-order chi connectivity index (χ0) is 21.2. The van der Waals surface area contributed by atoms with Crippen molar-refractivity contribution in [3.63, 3.8) is 0 Å². The van der Waals surface area contributed by atoms with E-state index in [-0.39, 0.29) is 29.8 Å². The number of nitrogens with zero attached hydrogens (tertiary/aromatic N) is 2. The number of fused-ring (bicyclic) bond motifs is 5. The minimum absolute atomic E-state index is 0.176. The number of rotatable bonds is 5. The fourth-order valence-electron chi connectivity index (χ4n) is 4.99. The number of hydrogen-bond acceptors (Lipinski definition) is 3. The molecule has 0 radical (unpaired) electrons. The molecule has 2 aromatic rings. The van der Waals surface area contributed by atoms with Gasteiger partial charge in [0.05, 0.1) is 5.69 Å². The van der Waals surface area contributed by atoms with Crippen LogP contribution >= 0.6 is 0 Å². The van der Waals surface area contributed by atoms with Crippen LogP contribution in [0.15, 0.2) is 24.3 Å². The number of para-hydroxylation sites is 1. The number of H-pyrrole nitrogens is 1. The summed E-state index contributed by atoms with van der Waals surface area (Å²) in [7, 11) is 0. The largest absolute Gasteiger partial charge is 0.356 e. The molecule has 2 aliphatic heterocycles. The standard InChI is InChI=1S/C23H28N4O3/c1-13(2)12-18(20(28)24-14-8-9-14)27-21(29)23(3)19-16(10-11-26(23)22(27)30)15-6-4-5-7-17(15)25-19/h4-7,13-14,18,25H,8-12H2,1-3H3,(H,24,28). The van der Waals surface area contributed by atoms with Gasteiger partial charge in [-0.1, -0.05) is 32.0 Å². The van der Waals surface area contributed by atoms with Crippen molar-refractivity contribution in [1.82, 2.24) is 20.1 Å². The van der Waals surface area contributed by atoms with Crippen molar-refractivity contribution in [3.8, 4) is 0 Å². The minimum atomic E-state index is -1.11. The number of nitrogens with one attached hydrogen (secondary N) is 2. The van der Waals surface area contributed by atoms with Crippen LogP contribution in [0.4, 0.5) is 4.79 Å². The summed E-state index contributed by atoms with van der Waals surface area (Å²) < 4.78 is 0. The normalized spacial score (nSPS) is 24.4. The van der Waals surface area contributed by atoms with Gasteiger partial charge >= 0.3 is 6.03 Å². The number of imide groups is 1. The van der Waals surface area contributed by atoms with Crippen molar-refractivity contribution >= 4 is 28.7 Å². The third-order valence-corrected chi connectivity index (χ3v) is 6.73. The van der Waals surface area contributed by atoms with Crippen LogP contribution in [0.5, 0.6) is 0 Å². The molecule has 0 bridgehead atoms. The molecule has 1 aromatic carbocycles. The molecule has 0 spiro atoms. The number of hydrogen-bond donors (Lipinski definition) is 2. The van der Waals surface area contributed by atoms with Crippen LogP contribution in [0.3, 0.4) is 0 Å². The summed E-state index contributed by atoms with van der Waals surface area (Å²) in [5.74, 6) is -0.348. The lowest BCUT2D eigenvalue weighted by molar-refractivity contribution is -0.140. The van der Waals surface area contributed by atoms with Crippen LogP contribution in [0.1, 0.15) is 51.3 Å². The lowest BCUT2D eigenvalue weighted by Gasteiger charge is -2.36. The molecule has 158 valence electrons. The van der Waals surface area contributed by atoms with Crippen LogP contribution < -0.4 is 5.32 Å². The quantitative estimate of drug-likeness (QED) is 0.746. The first-order valence-electron chi connectivity index (χ1n) is 10.9. The van der Waals surface area contributed by atoms with Crippen molar-refractivity contribution in [2.75, 3.05) is 6.54 Å². The SMILES string of the molecule is CC(C)CC(C(=O)NC1CC1)N1C(=O)N2CCc3c([nH]c4ccccc34)C2(C)C1=O. The molecule has 30 heavy (non-hydrogen) atoms. The van der Waals surface area contributed by atoms with Gasteiger partial charge in [-0.3, -0.25) is 9.59 Å². The van der Waals surface area contributed by atoms with E-state index in [9.17, 15) is 14.4 Å². The summed E-state index contributed by atoms with van der Waals surface area (Å²) in [6.45, 7) is 6.29. The number of carbonyl (C=O) groups is 3. The Morgan fingerprint density at radius 3 is 2.70 bits per heavy atom. The fourth-order valence-corrected chi connectivity index (χ4v) is 4.99. The average molecular weight is 409 g/mol. The fraction of sp³-hybridized carbons (Fsp3) is 0.522. The van der Waals surface area contributed by atoms with Gasteiger partial charge in [0.25, 0.3) is 5.91 Å². The minimum Gasteiger partial charge on any atom is -0.356 e. The van der Waals surface area contributed by atoms with E-state index >= 15 is 0 Å². The Hall–Kier alpha value is -2.83. The third kappa shape index (κ3) is 2.67. The molecule has 3 aliphatic rings. The Labute approximate surface area is 175 Å². The van der Waals surface area contributed by atoms with E-state index < -0.39 is 11.6 Å². The summed E-state index contributed by atoms with van der Waals surface area (Å²) in [5, 5.41) is 4.10. The van der Waals surface area contributed by atoms with Gasteiger partial charge in [0.2, 0.25) is 5.91 Å². The summed E-state index contributed by atoms with van der Waals surface area (Å²) in [6, 6.07) is 7.03. The molecule has 1 aliphatic carbocycles. The van der Waals surface area contributed by atoms with E-state index in [1.165, 1.54) is 4.90 Å². The molecule has 1 saturated heterocycles. The van der Waals surface area contributed by atoms with Gasteiger partial charge in [0, 0.05) is 23.5 Å². The van der Waals surface area contributed by atoms with Gasteiger partial charge in [-0.15, -0.1) is 0 Å². The van der Waals surface area contributed by atoms with Gasteiger partial charge in [0.1, 0.15) is 6.04 Å². The van der Waals surface area contributed by atoms with E-state index in [2.05, 4.69) is 10.3 Å². The molecule has 7 nitrogen and oxygen atoms in total. The Balaban J connectivity index is 1.57. The van der Waals surface area contributed by atoms with Crippen LogP contribution in [-0.4, -0.2) is 51.3 Å². The average Bonchev–Trinajstić information content (AvgIpc) is 3.39. The van der Waals surface area contributed by atoms with Crippen LogP contribution in [-0.2, 0) is 21.5 Å². The summed E-state index contributed by atoms with van der Waals surface area (Å²) in [4.78, 5) is 46.6. The van der Waals surface area contributed by atoms with Gasteiger partial charge < -0.3 is 15.2 Å². The van der Waals surface area contributed by atoms with E-state index in [0.29, 0.717) is 19.4 Å². The molecule has 4 amide bonds. The zero-order valence-electron chi connectivity index (χ0n) is 17.7. The molecule has 3 heterocycles. The maximum absolute atomic E-state index is 13.8. The summed E-state index contributed by atoms with van der Waals surface area (Å²) in [6.07, 6.45) is 3.07. The van der Waals surface area contributed by atoms with Crippen molar-refractivity contribution < 1.29 is 14.4 Å². The van der Waals surface area contributed by atoms with Crippen molar-refractivity contribution in [1.29, 1.82) is 0 Å². The summed E-state index contributed by atoms with van der Waals surface area (Å²) >= 11 is 0. The highest BCUT2D eigenvalue weighted by atomic mass is 16.2. The van der Waals surface area contributed by atoms with E-state index in [1.54, 1.807) is 4.90 Å². The van der Waals surface area contributed by atoms with Gasteiger partial charge in [0.15, 0.2) is 5.54 Å². The number of aromatic nitrogens is 1. The maximum Gasteiger partial charge on any atom is 0.328 e. The van der Waals surface area contributed by atoms with Gasteiger partial charge in [-0.2, -0.15) is 0 Å². The zero-order valence-corrected chi connectivity index (χ0v) is 17.7. The molecule has 2 N–H and O–H groups in total. The van der Waals surface area contributed by atoms with Crippen LogP contribution in [0, 0.1) is 5.92 Å². The highest BCUT2D eigenvalue weighted by Gasteiger charge is 2.60. The number of urea groups is 1. The van der Waals surface area contributed by atoms with Crippen LogP contribution in [0.25, 0.3) is 10.9 Å². The topological polar surface area (TPSA) is 85.5 Å². The molecule has 2 atom stereocenters. The molecule has 2 fully saturated rings. The van der Waals surface area contributed by atoms with Crippen molar-refractivity contribution in [2.45, 2.75) is 64.1 Å². The van der Waals surface area contributed by atoms with Gasteiger partial charge in [-0.05, 0) is 50.2 Å². The highest BCUT2D eigenvalue weighted by Crippen LogP contribution is 2.45. The predicted molar refractivity (Wildman–Crippen MR) is 113 cm³/mol. The molecule has 5 rings (SSSR count). The lowest BCUT2D eigenvalue weighted by atomic mass is 9.87. The Kier molecular flexibility index (Phi) is 4.21. The smallest absolute Gasteiger partial charge is 0.328 e. The second-order valence-corrected chi connectivity index (χ2v) is 9.38. The van der Waals surface area contributed by atoms with E-state index in [4.69, 9.17) is 0 Å². The first-order valence-corrected chi connectivity index (χ1v) is 10.9. The maximum atomic E-state index is 13.8. The number of carbonyl (C=O) groups excluding carboxylic acids is 3. The van der Waals surface area contributed by atoms with Crippen molar-refractivity contribution in [2.24, 2.45) is 5.92 Å².